The van der Waals surface area contributed by atoms with Crippen molar-refractivity contribution >= 4 is 11.6 Å². The zero-order valence-electron chi connectivity index (χ0n) is 6.50. The van der Waals surface area contributed by atoms with Crippen LogP contribution in [0.3, 0.4) is 0 Å². The summed E-state index contributed by atoms with van der Waals surface area (Å²) in [6, 6.07) is 4.37. The maximum absolute atomic E-state index is 9.34. The third-order valence-corrected chi connectivity index (χ3v) is 1.88. The maximum Gasteiger partial charge on any atom is 0.120 e. The summed E-state index contributed by atoms with van der Waals surface area (Å²) < 4.78 is 0. The lowest BCUT2D eigenvalue weighted by atomic mass is 10.1. The largest absolute Gasteiger partial charge is 0.508 e. The molecule has 4 heteroatoms. The van der Waals surface area contributed by atoms with E-state index in [-0.39, 0.29) is 18.3 Å². The normalized spacial score (nSPS) is 12.9. The summed E-state index contributed by atoms with van der Waals surface area (Å²) in [5.74, 6) is 0.136. The minimum atomic E-state index is -0.358. The van der Waals surface area contributed by atoms with Crippen molar-refractivity contribution in [3.8, 4) is 5.75 Å². The van der Waals surface area contributed by atoms with Gasteiger partial charge in [-0.3, -0.25) is 0 Å². The molecule has 0 aliphatic heterocycles. The van der Waals surface area contributed by atoms with Gasteiger partial charge >= 0.3 is 0 Å². The summed E-state index contributed by atoms with van der Waals surface area (Å²) in [5, 5.41) is 9.89. The van der Waals surface area contributed by atoms with E-state index in [2.05, 4.69) is 0 Å². The summed E-state index contributed by atoms with van der Waals surface area (Å²) in [5.41, 5.74) is 11.6. The molecule has 0 amide bonds. The van der Waals surface area contributed by atoms with Gasteiger partial charge in [0.2, 0.25) is 0 Å². The highest BCUT2D eigenvalue weighted by atomic mass is 35.5. The van der Waals surface area contributed by atoms with Gasteiger partial charge in [-0.1, -0.05) is 11.6 Å². The summed E-state index contributed by atoms with van der Waals surface area (Å²) in [4.78, 5) is 0. The highest BCUT2D eigenvalue weighted by molar-refractivity contribution is 6.30. The number of phenols is 1. The SMILES string of the molecule is NCC(N)c1cc(Cl)ccc1O. The molecule has 0 bridgehead atoms. The topological polar surface area (TPSA) is 72.3 Å². The first-order valence-electron chi connectivity index (χ1n) is 3.59. The van der Waals surface area contributed by atoms with Crippen LogP contribution in [0.1, 0.15) is 11.6 Å². The molecule has 66 valence electrons. The Kier molecular flexibility index (Phi) is 2.92. The van der Waals surface area contributed by atoms with Crippen LogP contribution in [0.4, 0.5) is 0 Å². The molecule has 0 saturated heterocycles. The molecule has 0 aliphatic rings. The zero-order chi connectivity index (χ0) is 9.14. The van der Waals surface area contributed by atoms with Gasteiger partial charge in [-0.2, -0.15) is 0 Å². The lowest BCUT2D eigenvalue weighted by Crippen LogP contribution is -2.20. The minimum Gasteiger partial charge on any atom is -0.508 e. The molecule has 12 heavy (non-hydrogen) atoms. The Hall–Kier alpha value is -0.770. The predicted molar refractivity (Wildman–Crippen MR) is 49.1 cm³/mol. The van der Waals surface area contributed by atoms with E-state index in [0.29, 0.717) is 10.6 Å². The average molecular weight is 187 g/mol. The van der Waals surface area contributed by atoms with E-state index in [1.54, 1.807) is 12.1 Å². The number of phenolic OH excluding ortho intramolecular Hbond substituents is 1. The highest BCUT2D eigenvalue weighted by Crippen LogP contribution is 2.25. The van der Waals surface area contributed by atoms with Crippen molar-refractivity contribution in [3.63, 3.8) is 0 Å². The Labute approximate surface area is 75.9 Å². The second-order valence-corrected chi connectivity index (χ2v) is 2.98. The molecular weight excluding hydrogens is 176 g/mol. The van der Waals surface area contributed by atoms with Crippen molar-refractivity contribution in [2.75, 3.05) is 6.54 Å². The van der Waals surface area contributed by atoms with Gasteiger partial charge in [0.05, 0.1) is 0 Å². The van der Waals surface area contributed by atoms with E-state index < -0.39 is 0 Å². The number of nitrogens with two attached hydrogens (primary N) is 2. The first kappa shape index (κ1) is 9.32. The molecule has 1 aromatic carbocycles. The van der Waals surface area contributed by atoms with Gasteiger partial charge in [-0.05, 0) is 18.2 Å². The van der Waals surface area contributed by atoms with Crippen molar-refractivity contribution in [2.24, 2.45) is 11.5 Å². The van der Waals surface area contributed by atoms with E-state index in [4.69, 9.17) is 23.1 Å². The predicted octanol–water partition coefficient (Wildman–Crippen LogP) is 1.00. The maximum atomic E-state index is 9.34. The van der Waals surface area contributed by atoms with Crippen LogP contribution in [-0.2, 0) is 0 Å². The van der Waals surface area contributed by atoms with Crippen molar-refractivity contribution < 1.29 is 5.11 Å². The molecule has 1 atom stereocenters. The fourth-order valence-electron chi connectivity index (χ4n) is 0.949. The van der Waals surface area contributed by atoms with E-state index in [1.807, 2.05) is 0 Å². The molecule has 0 heterocycles. The monoisotopic (exact) mass is 186 g/mol. The summed E-state index contributed by atoms with van der Waals surface area (Å²) in [6.45, 7) is 0.286. The molecular formula is C8H11ClN2O. The summed E-state index contributed by atoms with van der Waals surface area (Å²) in [6.07, 6.45) is 0. The molecule has 1 aromatic rings. The van der Waals surface area contributed by atoms with Crippen LogP contribution in [0.25, 0.3) is 0 Å². The molecule has 3 nitrogen and oxygen atoms in total. The third-order valence-electron chi connectivity index (χ3n) is 1.64. The van der Waals surface area contributed by atoms with Gasteiger partial charge in [0, 0.05) is 23.2 Å². The Morgan fingerprint density at radius 1 is 1.50 bits per heavy atom. The quantitative estimate of drug-likeness (QED) is 0.646. The Bertz CT molecular complexity index is 278. The Balaban J connectivity index is 3.04. The number of benzene rings is 1. The molecule has 0 fully saturated rings. The second-order valence-electron chi connectivity index (χ2n) is 2.55. The van der Waals surface area contributed by atoms with Crippen LogP contribution in [0.15, 0.2) is 18.2 Å². The second kappa shape index (κ2) is 3.76. The van der Waals surface area contributed by atoms with Crippen LogP contribution in [-0.4, -0.2) is 11.7 Å². The van der Waals surface area contributed by atoms with Gasteiger partial charge in [0.1, 0.15) is 5.75 Å². The van der Waals surface area contributed by atoms with Gasteiger partial charge in [-0.25, -0.2) is 0 Å². The fraction of sp³-hybridized carbons (Fsp3) is 0.250. The number of aromatic hydroxyl groups is 1. The van der Waals surface area contributed by atoms with E-state index in [0.717, 1.165) is 0 Å². The van der Waals surface area contributed by atoms with Gasteiger partial charge < -0.3 is 16.6 Å². The standard InChI is InChI=1S/C8H11ClN2O/c9-5-1-2-8(12)6(3-5)7(11)4-10/h1-3,7,12H,4,10-11H2. The molecule has 0 spiro atoms. The van der Waals surface area contributed by atoms with E-state index in [1.165, 1.54) is 6.07 Å². The average Bonchev–Trinajstić information content (AvgIpc) is 2.08. The molecule has 0 aliphatic carbocycles. The van der Waals surface area contributed by atoms with Gasteiger partial charge in [0.25, 0.3) is 0 Å². The molecule has 0 aromatic heterocycles. The van der Waals surface area contributed by atoms with Crippen molar-refractivity contribution in [2.45, 2.75) is 6.04 Å². The fourth-order valence-corrected chi connectivity index (χ4v) is 1.13. The first-order chi connectivity index (χ1) is 5.65. The highest BCUT2D eigenvalue weighted by Gasteiger charge is 2.08. The van der Waals surface area contributed by atoms with Gasteiger partial charge in [0.15, 0.2) is 0 Å². The van der Waals surface area contributed by atoms with Crippen molar-refractivity contribution in [1.29, 1.82) is 0 Å². The van der Waals surface area contributed by atoms with E-state index >= 15 is 0 Å². The van der Waals surface area contributed by atoms with Crippen molar-refractivity contribution in [1.82, 2.24) is 0 Å². The smallest absolute Gasteiger partial charge is 0.120 e. The first-order valence-corrected chi connectivity index (χ1v) is 3.97. The Morgan fingerprint density at radius 3 is 2.75 bits per heavy atom. The lowest BCUT2D eigenvalue weighted by Gasteiger charge is -2.10. The van der Waals surface area contributed by atoms with E-state index in [9.17, 15) is 5.11 Å². The summed E-state index contributed by atoms with van der Waals surface area (Å²) in [7, 11) is 0. The lowest BCUT2D eigenvalue weighted by molar-refractivity contribution is 0.462. The molecule has 1 rings (SSSR count). The summed E-state index contributed by atoms with van der Waals surface area (Å²) >= 11 is 5.71. The van der Waals surface area contributed by atoms with Crippen LogP contribution < -0.4 is 11.5 Å². The van der Waals surface area contributed by atoms with Crippen LogP contribution in [0.2, 0.25) is 5.02 Å². The molecule has 0 radical (unpaired) electrons. The number of hydrogen-bond acceptors (Lipinski definition) is 3. The molecule has 0 saturated carbocycles. The van der Waals surface area contributed by atoms with Crippen molar-refractivity contribution in [3.05, 3.63) is 28.8 Å². The van der Waals surface area contributed by atoms with Crippen LogP contribution >= 0.6 is 11.6 Å². The number of rotatable bonds is 2. The number of hydrogen-bond donors (Lipinski definition) is 3. The Morgan fingerprint density at radius 2 is 2.17 bits per heavy atom. The third kappa shape index (κ3) is 1.88. The number of halogens is 1. The van der Waals surface area contributed by atoms with Crippen LogP contribution in [0, 0.1) is 0 Å². The van der Waals surface area contributed by atoms with Crippen LogP contribution in [0.5, 0.6) is 5.75 Å². The molecule has 1 unspecified atom stereocenters. The minimum absolute atomic E-state index is 0.136. The molecule has 5 N–H and O–H groups in total. The van der Waals surface area contributed by atoms with Gasteiger partial charge in [-0.15, -0.1) is 0 Å². The zero-order valence-corrected chi connectivity index (χ0v) is 7.25.